The molecule has 1 atom stereocenters. The van der Waals surface area contributed by atoms with E-state index in [0.717, 1.165) is 42.9 Å². The summed E-state index contributed by atoms with van der Waals surface area (Å²) < 4.78 is 7.92. The average molecular weight is 370 g/mol. The Balaban J connectivity index is 1.54. The van der Waals surface area contributed by atoms with Gasteiger partial charge in [0.2, 0.25) is 0 Å². The summed E-state index contributed by atoms with van der Waals surface area (Å²) in [4.78, 5) is 14.9. The van der Waals surface area contributed by atoms with E-state index in [9.17, 15) is 4.79 Å². The van der Waals surface area contributed by atoms with Crippen LogP contribution in [0.25, 0.3) is 0 Å². The quantitative estimate of drug-likeness (QED) is 0.803. The van der Waals surface area contributed by atoms with Crippen LogP contribution in [-0.2, 0) is 11.3 Å². The van der Waals surface area contributed by atoms with Crippen LogP contribution >= 0.6 is 0 Å². The van der Waals surface area contributed by atoms with Gasteiger partial charge in [0.1, 0.15) is 5.75 Å². The van der Waals surface area contributed by atoms with E-state index in [2.05, 4.69) is 39.6 Å². The van der Waals surface area contributed by atoms with Gasteiger partial charge in [-0.3, -0.25) is 4.79 Å². The third-order valence-electron chi connectivity index (χ3n) is 5.27. The van der Waals surface area contributed by atoms with Gasteiger partial charge in [0.25, 0.3) is 5.91 Å². The first-order chi connectivity index (χ1) is 13.2. The number of tetrazole rings is 1. The Morgan fingerprint density at radius 1 is 1.30 bits per heavy atom. The second kappa shape index (κ2) is 7.54. The van der Waals surface area contributed by atoms with Crippen LogP contribution in [-0.4, -0.2) is 44.8 Å². The van der Waals surface area contributed by atoms with Crippen molar-refractivity contribution in [1.82, 2.24) is 25.5 Å². The summed E-state index contributed by atoms with van der Waals surface area (Å²) in [6.45, 7) is 5.18. The molecule has 1 aromatic heterocycles. The molecule has 1 aliphatic heterocycles. The lowest BCUT2D eigenvalue weighted by atomic mass is 10.1. The molecule has 0 saturated heterocycles. The van der Waals surface area contributed by atoms with E-state index in [-0.39, 0.29) is 11.9 Å². The zero-order chi connectivity index (χ0) is 18.8. The average Bonchev–Trinajstić information content (AvgIpc) is 3.44. The highest BCUT2D eigenvalue weighted by molar-refractivity contribution is 5.83. The lowest BCUT2D eigenvalue weighted by molar-refractivity contribution is -0.128. The van der Waals surface area contributed by atoms with Crippen LogP contribution in [0.1, 0.15) is 51.4 Å². The number of fused-ring (bicyclic) bond motifs is 1. The number of carbonyl (C=O) groups excluding carboxylic acids is 1. The van der Waals surface area contributed by atoms with Crippen molar-refractivity contribution in [2.45, 2.75) is 64.3 Å². The van der Waals surface area contributed by atoms with Gasteiger partial charge in [-0.1, -0.05) is 26.0 Å². The van der Waals surface area contributed by atoms with E-state index >= 15 is 0 Å². The van der Waals surface area contributed by atoms with Gasteiger partial charge < -0.3 is 15.0 Å². The fourth-order valence-corrected chi connectivity index (χ4v) is 3.47. The number of amides is 1. The molecule has 1 saturated carbocycles. The first-order valence-corrected chi connectivity index (χ1v) is 9.77. The molecule has 1 fully saturated rings. The van der Waals surface area contributed by atoms with Gasteiger partial charge in [-0.15, -0.1) is 5.10 Å². The van der Waals surface area contributed by atoms with E-state index in [1.165, 1.54) is 0 Å². The molecule has 2 aromatic rings. The van der Waals surface area contributed by atoms with Crippen LogP contribution in [0.15, 0.2) is 24.3 Å². The molecule has 0 spiro atoms. The Labute approximate surface area is 158 Å². The zero-order valence-corrected chi connectivity index (χ0v) is 15.8. The van der Waals surface area contributed by atoms with Gasteiger partial charge in [0.05, 0.1) is 24.8 Å². The molecule has 0 radical (unpaired) electrons. The molecule has 8 heteroatoms. The van der Waals surface area contributed by atoms with Gasteiger partial charge in [0, 0.05) is 6.04 Å². The molecule has 8 nitrogen and oxygen atoms in total. The lowest BCUT2D eigenvalue weighted by Crippen LogP contribution is -2.51. The molecule has 1 unspecified atom stereocenters. The second-order valence-electron chi connectivity index (χ2n) is 7.25. The van der Waals surface area contributed by atoms with Crippen molar-refractivity contribution in [3.63, 3.8) is 0 Å². The van der Waals surface area contributed by atoms with Crippen LogP contribution in [0.3, 0.4) is 0 Å². The molecule has 1 amide bonds. The predicted molar refractivity (Wildman–Crippen MR) is 101 cm³/mol. The fourth-order valence-electron chi connectivity index (χ4n) is 3.47. The summed E-state index contributed by atoms with van der Waals surface area (Å²) in [6, 6.07) is 8.41. The third-order valence-corrected chi connectivity index (χ3v) is 5.27. The number of aromatic nitrogens is 4. The molecule has 1 aliphatic carbocycles. The number of ether oxygens (including phenoxy) is 1. The number of hydrogen-bond acceptors (Lipinski definition) is 6. The number of rotatable bonds is 7. The van der Waals surface area contributed by atoms with Crippen LogP contribution in [0.4, 0.5) is 5.69 Å². The Morgan fingerprint density at radius 2 is 2.07 bits per heavy atom. The normalized spacial score (nSPS) is 18.9. The van der Waals surface area contributed by atoms with Crippen molar-refractivity contribution >= 4 is 11.6 Å². The summed E-state index contributed by atoms with van der Waals surface area (Å²) in [7, 11) is 0. The molecule has 144 valence electrons. The van der Waals surface area contributed by atoms with Crippen molar-refractivity contribution in [1.29, 1.82) is 0 Å². The van der Waals surface area contributed by atoms with E-state index in [1.807, 2.05) is 28.9 Å². The SMILES string of the molecule is CCC(CC)NC(=O)C1CN(Cc2nnnn2C2CC2)c2ccccc2O1. The molecular weight excluding hydrogens is 344 g/mol. The minimum atomic E-state index is -0.550. The first-order valence-electron chi connectivity index (χ1n) is 9.77. The highest BCUT2D eigenvalue weighted by atomic mass is 16.5. The van der Waals surface area contributed by atoms with Crippen LogP contribution in [0.5, 0.6) is 5.75 Å². The number of para-hydroxylation sites is 2. The smallest absolute Gasteiger partial charge is 0.263 e. The minimum absolute atomic E-state index is 0.0648. The van der Waals surface area contributed by atoms with Crippen molar-refractivity contribution in [2.24, 2.45) is 0 Å². The Bertz CT molecular complexity index is 799. The van der Waals surface area contributed by atoms with Crippen molar-refractivity contribution < 1.29 is 9.53 Å². The van der Waals surface area contributed by atoms with Gasteiger partial charge >= 0.3 is 0 Å². The molecule has 1 N–H and O–H groups in total. The number of nitrogens with one attached hydrogen (secondary N) is 1. The second-order valence-corrected chi connectivity index (χ2v) is 7.25. The molecule has 2 heterocycles. The first kappa shape index (κ1) is 17.8. The summed E-state index contributed by atoms with van der Waals surface area (Å²) in [6.07, 6.45) is 3.51. The number of carbonyl (C=O) groups is 1. The lowest BCUT2D eigenvalue weighted by Gasteiger charge is -2.35. The summed E-state index contributed by atoms with van der Waals surface area (Å²) in [5, 5.41) is 15.3. The van der Waals surface area contributed by atoms with E-state index in [1.54, 1.807) is 0 Å². The Kier molecular flexibility index (Phi) is 4.96. The van der Waals surface area contributed by atoms with Gasteiger partial charge in [-0.25, -0.2) is 4.68 Å². The summed E-state index contributed by atoms with van der Waals surface area (Å²) >= 11 is 0. The van der Waals surface area contributed by atoms with Crippen LogP contribution < -0.4 is 15.0 Å². The maximum atomic E-state index is 12.8. The summed E-state index contributed by atoms with van der Waals surface area (Å²) in [5.41, 5.74) is 0.967. The number of nitrogens with zero attached hydrogens (tertiary/aromatic N) is 5. The van der Waals surface area contributed by atoms with Crippen molar-refractivity contribution in [3.05, 3.63) is 30.1 Å². The molecule has 2 aliphatic rings. The maximum Gasteiger partial charge on any atom is 0.263 e. The number of benzene rings is 1. The number of hydrogen-bond donors (Lipinski definition) is 1. The van der Waals surface area contributed by atoms with Crippen molar-refractivity contribution in [3.8, 4) is 5.75 Å². The largest absolute Gasteiger partial charge is 0.477 e. The van der Waals surface area contributed by atoms with E-state index in [0.29, 0.717) is 19.1 Å². The maximum absolute atomic E-state index is 12.8. The zero-order valence-electron chi connectivity index (χ0n) is 15.8. The minimum Gasteiger partial charge on any atom is -0.477 e. The van der Waals surface area contributed by atoms with Gasteiger partial charge in [-0.05, 0) is 48.2 Å². The number of anilines is 1. The van der Waals surface area contributed by atoms with Crippen LogP contribution in [0.2, 0.25) is 0 Å². The molecule has 27 heavy (non-hydrogen) atoms. The Hall–Kier alpha value is -2.64. The predicted octanol–water partition coefficient (Wildman–Crippen LogP) is 2.08. The molecular formula is C19H26N6O2. The molecule has 1 aromatic carbocycles. The Morgan fingerprint density at radius 3 is 2.81 bits per heavy atom. The fraction of sp³-hybridized carbons (Fsp3) is 0.579. The highest BCUT2D eigenvalue weighted by Crippen LogP contribution is 2.37. The van der Waals surface area contributed by atoms with E-state index < -0.39 is 6.10 Å². The third kappa shape index (κ3) is 3.74. The topological polar surface area (TPSA) is 85.2 Å². The summed E-state index contributed by atoms with van der Waals surface area (Å²) in [5.74, 6) is 1.48. The van der Waals surface area contributed by atoms with Crippen LogP contribution in [0, 0.1) is 0 Å². The highest BCUT2D eigenvalue weighted by Gasteiger charge is 2.33. The van der Waals surface area contributed by atoms with Gasteiger partial charge in [-0.2, -0.15) is 0 Å². The van der Waals surface area contributed by atoms with Crippen molar-refractivity contribution in [2.75, 3.05) is 11.4 Å². The van der Waals surface area contributed by atoms with Gasteiger partial charge in [0.15, 0.2) is 11.9 Å². The molecule has 4 rings (SSSR count). The monoisotopic (exact) mass is 370 g/mol. The molecule has 0 bridgehead atoms. The van der Waals surface area contributed by atoms with E-state index in [4.69, 9.17) is 4.74 Å². The standard InChI is InChI=1S/C19H26N6O2/c1-3-13(4-2)20-19(26)17-11-24(15-7-5-6-8-16(15)27-17)12-18-21-22-23-25(18)14-9-10-14/h5-8,13-14,17H,3-4,9-12H2,1-2H3,(H,20,26).